The predicted molar refractivity (Wildman–Crippen MR) is 100 cm³/mol. The Morgan fingerprint density at radius 1 is 1.16 bits per heavy atom. The number of carbonyl (C=O) groups excluding carboxylic acids is 1. The van der Waals surface area contributed by atoms with Crippen LogP contribution in [0.3, 0.4) is 0 Å². The molecule has 142 valence electrons. The third kappa shape index (κ3) is 3.82. The lowest BCUT2D eigenvalue weighted by atomic mass is 9.52. The van der Waals surface area contributed by atoms with Crippen LogP contribution in [-0.2, 0) is 9.53 Å². The fraction of sp³-hybridized carbons (Fsp3) is 0.864. The maximum absolute atomic E-state index is 13.2. The summed E-state index contributed by atoms with van der Waals surface area (Å²) in [4.78, 5) is 13.2. The van der Waals surface area contributed by atoms with Gasteiger partial charge in [-0.2, -0.15) is 0 Å². The zero-order chi connectivity index (χ0) is 18.5. The molecular weight excluding hydrogens is 312 g/mol. The minimum absolute atomic E-state index is 0.102. The first-order chi connectivity index (χ1) is 11.6. The van der Waals surface area contributed by atoms with Crippen molar-refractivity contribution in [3.8, 4) is 0 Å². The van der Waals surface area contributed by atoms with Crippen molar-refractivity contribution < 1.29 is 14.6 Å². The number of carbonyl (C=O) groups is 1. The first-order valence-corrected chi connectivity index (χ1v) is 10.2. The van der Waals surface area contributed by atoms with Crippen molar-refractivity contribution in [2.75, 3.05) is 0 Å². The van der Waals surface area contributed by atoms with E-state index in [4.69, 9.17) is 4.74 Å². The molecule has 0 saturated heterocycles. The molecule has 0 amide bonds. The van der Waals surface area contributed by atoms with Crippen molar-refractivity contribution in [1.29, 1.82) is 0 Å². The summed E-state index contributed by atoms with van der Waals surface area (Å²) < 4.78 is 6.23. The van der Waals surface area contributed by atoms with Crippen molar-refractivity contribution in [1.82, 2.24) is 0 Å². The Kier molecular flexibility index (Phi) is 4.85. The van der Waals surface area contributed by atoms with Gasteiger partial charge in [-0.1, -0.05) is 39.7 Å². The molecule has 3 heteroatoms. The molecule has 3 nitrogen and oxygen atoms in total. The van der Waals surface area contributed by atoms with Gasteiger partial charge in [-0.25, -0.2) is 4.79 Å². The summed E-state index contributed by atoms with van der Waals surface area (Å²) >= 11 is 0. The summed E-state index contributed by atoms with van der Waals surface area (Å²) in [7, 11) is 0. The van der Waals surface area contributed by atoms with Crippen LogP contribution in [0.1, 0.15) is 92.4 Å². The monoisotopic (exact) mass is 348 g/mol. The Morgan fingerprint density at radius 2 is 1.76 bits per heavy atom. The molecule has 2 atom stereocenters. The molecule has 4 aliphatic rings. The highest BCUT2D eigenvalue weighted by Crippen LogP contribution is 2.59. The molecule has 4 bridgehead atoms. The SMILES string of the molecule is CC/C(C)=C(/CC(C)(C)CC)C(=O)OC12CC3CC(CC(O)(C3)C1)C2. The summed E-state index contributed by atoms with van der Waals surface area (Å²) in [6.45, 7) is 10.8. The van der Waals surface area contributed by atoms with Crippen molar-refractivity contribution in [2.45, 2.75) is 104 Å². The standard InChI is InChI=1S/C22H36O3/c1-6-15(3)18(13-20(4,5)7-2)19(23)25-22-11-16-8-17(12-22)10-21(24,9-16)14-22/h16-17,24H,6-14H2,1-5H3/b18-15-. The second-order valence-corrected chi connectivity index (χ2v) is 10.1. The van der Waals surface area contributed by atoms with Crippen molar-refractivity contribution in [2.24, 2.45) is 17.3 Å². The number of aliphatic hydroxyl groups is 1. The van der Waals surface area contributed by atoms with Crippen molar-refractivity contribution in [3.05, 3.63) is 11.1 Å². The van der Waals surface area contributed by atoms with E-state index in [-0.39, 0.29) is 11.4 Å². The van der Waals surface area contributed by atoms with Gasteiger partial charge in [-0.15, -0.1) is 0 Å². The molecule has 0 aromatic rings. The van der Waals surface area contributed by atoms with Gasteiger partial charge in [0.25, 0.3) is 0 Å². The van der Waals surface area contributed by atoms with Crippen molar-refractivity contribution in [3.63, 3.8) is 0 Å². The van der Waals surface area contributed by atoms with E-state index in [1.165, 1.54) is 6.42 Å². The van der Waals surface area contributed by atoms with E-state index in [1.54, 1.807) is 0 Å². The summed E-state index contributed by atoms with van der Waals surface area (Å²) in [5.74, 6) is 0.947. The van der Waals surface area contributed by atoms with Crippen molar-refractivity contribution >= 4 is 5.97 Å². The fourth-order valence-corrected chi connectivity index (χ4v) is 5.72. The number of hydrogen-bond donors (Lipinski definition) is 1. The van der Waals surface area contributed by atoms with Gasteiger partial charge < -0.3 is 9.84 Å². The summed E-state index contributed by atoms with van der Waals surface area (Å²) in [5, 5.41) is 10.9. The number of rotatable bonds is 6. The highest BCUT2D eigenvalue weighted by molar-refractivity contribution is 5.89. The molecule has 0 heterocycles. The van der Waals surface area contributed by atoms with Gasteiger partial charge in [0.15, 0.2) is 0 Å². The normalized spacial score (nSPS) is 37.8. The molecule has 1 N–H and O–H groups in total. The zero-order valence-electron chi connectivity index (χ0n) is 16.8. The van der Waals surface area contributed by atoms with E-state index < -0.39 is 11.2 Å². The number of hydrogen-bond acceptors (Lipinski definition) is 3. The van der Waals surface area contributed by atoms with Gasteiger partial charge in [-0.05, 0) is 69.1 Å². The van der Waals surface area contributed by atoms with Gasteiger partial charge in [0, 0.05) is 12.0 Å². The molecular formula is C22H36O3. The maximum atomic E-state index is 13.2. The predicted octanol–water partition coefficient (Wildman–Crippen LogP) is 5.17. The van der Waals surface area contributed by atoms with Crippen LogP contribution in [0.5, 0.6) is 0 Å². The molecule has 4 saturated carbocycles. The largest absolute Gasteiger partial charge is 0.456 e. The minimum Gasteiger partial charge on any atom is -0.456 e. The smallest absolute Gasteiger partial charge is 0.334 e. The first kappa shape index (κ1) is 18.9. The average molecular weight is 349 g/mol. The summed E-state index contributed by atoms with van der Waals surface area (Å²) in [5.41, 5.74) is 1.12. The van der Waals surface area contributed by atoms with Crippen LogP contribution < -0.4 is 0 Å². The topological polar surface area (TPSA) is 46.5 Å². The van der Waals surface area contributed by atoms with Crippen LogP contribution in [0, 0.1) is 17.3 Å². The molecule has 0 spiro atoms. The molecule has 0 aromatic heterocycles. The van der Waals surface area contributed by atoms with Gasteiger partial charge >= 0.3 is 5.97 Å². The lowest BCUT2D eigenvalue weighted by Crippen LogP contribution is -2.60. The Labute approximate surface area is 153 Å². The third-order valence-electron chi connectivity index (χ3n) is 7.19. The van der Waals surface area contributed by atoms with E-state index in [0.717, 1.165) is 56.1 Å². The van der Waals surface area contributed by atoms with E-state index in [1.807, 2.05) is 0 Å². The number of esters is 1. The second kappa shape index (κ2) is 6.40. The van der Waals surface area contributed by atoms with Crippen LogP contribution in [0.25, 0.3) is 0 Å². The van der Waals surface area contributed by atoms with E-state index in [2.05, 4.69) is 34.6 Å². The van der Waals surface area contributed by atoms with Crippen LogP contribution in [0.4, 0.5) is 0 Å². The summed E-state index contributed by atoms with van der Waals surface area (Å²) in [6, 6.07) is 0. The first-order valence-electron chi connectivity index (χ1n) is 10.2. The molecule has 25 heavy (non-hydrogen) atoms. The minimum atomic E-state index is -0.587. The number of allylic oxidation sites excluding steroid dienone is 1. The van der Waals surface area contributed by atoms with Crippen LogP contribution >= 0.6 is 0 Å². The van der Waals surface area contributed by atoms with Gasteiger partial charge in [0.05, 0.1) is 5.60 Å². The Bertz CT molecular complexity index is 558. The Balaban J connectivity index is 1.80. The molecule has 0 aliphatic heterocycles. The van der Waals surface area contributed by atoms with Crippen LogP contribution in [-0.4, -0.2) is 22.3 Å². The second-order valence-electron chi connectivity index (χ2n) is 10.1. The molecule has 4 rings (SSSR count). The van der Waals surface area contributed by atoms with Crippen LogP contribution in [0.15, 0.2) is 11.1 Å². The molecule has 4 aliphatic carbocycles. The van der Waals surface area contributed by atoms with Gasteiger partial charge in [0.2, 0.25) is 0 Å². The molecule has 4 fully saturated rings. The number of ether oxygens (including phenoxy) is 1. The van der Waals surface area contributed by atoms with E-state index in [0.29, 0.717) is 18.3 Å². The summed E-state index contributed by atoms with van der Waals surface area (Å²) in [6.07, 6.45) is 8.26. The average Bonchev–Trinajstić information content (AvgIpc) is 2.49. The third-order valence-corrected chi connectivity index (χ3v) is 7.19. The van der Waals surface area contributed by atoms with Gasteiger partial charge in [0.1, 0.15) is 5.60 Å². The lowest BCUT2D eigenvalue weighted by molar-refractivity contribution is -0.217. The zero-order valence-corrected chi connectivity index (χ0v) is 16.8. The quantitative estimate of drug-likeness (QED) is 0.532. The fourth-order valence-electron chi connectivity index (χ4n) is 5.72. The lowest BCUT2D eigenvalue weighted by Gasteiger charge is -2.59. The molecule has 2 unspecified atom stereocenters. The van der Waals surface area contributed by atoms with E-state index >= 15 is 0 Å². The van der Waals surface area contributed by atoms with Crippen LogP contribution in [0.2, 0.25) is 0 Å². The maximum Gasteiger partial charge on any atom is 0.334 e. The highest BCUT2D eigenvalue weighted by atomic mass is 16.6. The Hall–Kier alpha value is -0.830. The van der Waals surface area contributed by atoms with E-state index in [9.17, 15) is 9.90 Å². The highest BCUT2D eigenvalue weighted by Gasteiger charge is 2.59. The molecule has 0 aromatic carbocycles. The van der Waals surface area contributed by atoms with Gasteiger partial charge in [-0.3, -0.25) is 0 Å². The molecule has 0 radical (unpaired) electrons. The Morgan fingerprint density at radius 3 is 2.24 bits per heavy atom.